The fourth-order valence-corrected chi connectivity index (χ4v) is 4.16. The molecular weight excluding hydrogens is 360 g/mol. The lowest BCUT2D eigenvalue weighted by atomic mass is 9.95. The number of carbonyl (C=O) groups excluding carboxylic acids is 2. The summed E-state index contributed by atoms with van der Waals surface area (Å²) in [5, 5.41) is 0. The third-order valence-corrected chi connectivity index (χ3v) is 5.54. The molecule has 2 aromatic carbocycles. The van der Waals surface area contributed by atoms with Gasteiger partial charge < -0.3 is 9.47 Å². The van der Waals surface area contributed by atoms with Gasteiger partial charge in [0.15, 0.2) is 0 Å². The molecule has 138 valence electrons. The van der Waals surface area contributed by atoms with E-state index in [2.05, 4.69) is 0 Å². The Morgan fingerprint density at radius 1 is 0.704 bits per heavy atom. The normalized spacial score (nSPS) is 10.4. The number of methoxy groups -OCH3 is 2. The highest BCUT2D eigenvalue weighted by molar-refractivity contribution is 7.16. The summed E-state index contributed by atoms with van der Waals surface area (Å²) in [6, 6.07) is 19.7. The quantitative estimate of drug-likeness (QED) is 0.591. The summed E-state index contributed by atoms with van der Waals surface area (Å²) in [5.74, 6) is -0.870. The zero-order valence-electron chi connectivity index (χ0n) is 15.2. The van der Waals surface area contributed by atoms with Crippen molar-refractivity contribution in [1.29, 1.82) is 0 Å². The number of thiophene rings is 1. The fraction of sp³-hybridized carbons (Fsp3) is 0.182. The first-order valence-electron chi connectivity index (χ1n) is 8.53. The second-order valence-corrected chi connectivity index (χ2v) is 7.05. The van der Waals surface area contributed by atoms with Crippen LogP contribution in [-0.4, -0.2) is 26.2 Å². The van der Waals surface area contributed by atoms with Gasteiger partial charge in [-0.1, -0.05) is 60.7 Å². The highest BCUT2D eigenvalue weighted by Crippen LogP contribution is 2.33. The van der Waals surface area contributed by atoms with Gasteiger partial charge in [-0.25, -0.2) is 9.59 Å². The van der Waals surface area contributed by atoms with Crippen molar-refractivity contribution in [1.82, 2.24) is 0 Å². The molecule has 0 spiro atoms. The summed E-state index contributed by atoms with van der Waals surface area (Å²) in [5.41, 5.74) is 3.77. The van der Waals surface area contributed by atoms with E-state index in [1.165, 1.54) is 14.2 Å². The van der Waals surface area contributed by atoms with E-state index >= 15 is 0 Å². The molecule has 0 aliphatic rings. The van der Waals surface area contributed by atoms with E-state index in [4.69, 9.17) is 9.47 Å². The Morgan fingerprint density at radius 2 is 1.07 bits per heavy atom. The summed E-state index contributed by atoms with van der Waals surface area (Å²) in [6.45, 7) is 0. The second-order valence-electron chi connectivity index (χ2n) is 6.03. The van der Waals surface area contributed by atoms with Crippen LogP contribution in [0.3, 0.4) is 0 Å². The van der Waals surface area contributed by atoms with Crippen LogP contribution < -0.4 is 0 Å². The predicted octanol–water partition coefficient (Wildman–Crippen LogP) is 4.50. The standard InChI is InChI=1S/C22H20O4S/c1-25-21(23)19-17(13-15-9-5-3-6-10-15)18(20(27-19)22(24)26-2)14-16-11-7-4-8-12-16/h3-12H,13-14H2,1-2H3. The van der Waals surface area contributed by atoms with Crippen molar-refractivity contribution in [3.05, 3.63) is 92.7 Å². The molecule has 0 aliphatic carbocycles. The molecule has 0 saturated heterocycles. The lowest BCUT2D eigenvalue weighted by Gasteiger charge is -2.09. The molecule has 0 atom stereocenters. The van der Waals surface area contributed by atoms with Gasteiger partial charge in [0.05, 0.1) is 14.2 Å². The van der Waals surface area contributed by atoms with Gasteiger partial charge in [-0.3, -0.25) is 0 Å². The Labute approximate surface area is 162 Å². The van der Waals surface area contributed by atoms with Crippen LogP contribution in [0.25, 0.3) is 0 Å². The summed E-state index contributed by atoms with van der Waals surface area (Å²) in [4.78, 5) is 25.7. The smallest absolute Gasteiger partial charge is 0.348 e. The Kier molecular flexibility index (Phi) is 6.04. The van der Waals surface area contributed by atoms with Crippen molar-refractivity contribution in [3.63, 3.8) is 0 Å². The zero-order valence-corrected chi connectivity index (χ0v) is 16.0. The molecule has 0 radical (unpaired) electrons. The van der Waals surface area contributed by atoms with Gasteiger partial charge in [0.2, 0.25) is 0 Å². The number of hydrogen-bond donors (Lipinski definition) is 0. The van der Waals surface area contributed by atoms with E-state index in [0.29, 0.717) is 22.6 Å². The maximum atomic E-state index is 12.4. The maximum Gasteiger partial charge on any atom is 0.348 e. The molecule has 1 heterocycles. The third-order valence-electron chi connectivity index (χ3n) is 4.31. The monoisotopic (exact) mass is 380 g/mol. The number of benzene rings is 2. The largest absolute Gasteiger partial charge is 0.465 e. The third kappa shape index (κ3) is 4.26. The Bertz CT molecular complexity index is 854. The Balaban J connectivity index is 2.14. The molecule has 3 rings (SSSR count). The minimum absolute atomic E-state index is 0.435. The van der Waals surface area contributed by atoms with Crippen LogP contribution in [0.15, 0.2) is 60.7 Å². The van der Waals surface area contributed by atoms with E-state index in [-0.39, 0.29) is 0 Å². The lowest BCUT2D eigenvalue weighted by Crippen LogP contribution is -2.06. The highest BCUT2D eigenvalue weighted by Gasteiger charge is 2.27. The van der Waals surface area contributed by atoms with Crippen molar-refractivity contribution >= 4 is 23.3 Å². The number of carbonyl (C=O) groups is 2. The van der Waals surface area contributed by atoms with E-state index in [0.717, 1.165) is 33.6 Å². The van der Waals surface area contributed by atoms with E-state index < -0.39 is 11.9 Å². The molecule has 0 N–H and O–H groups in total. The van der Waals surface area contributed by atoms with Gasteiger partial charge in [-0.05, 0) is 35.1 Å². The average Bonchev–Trinajstić information content (AvgIpc) is 3.06. The predicted molar refractivity (Wildman–Crippen MR) is 105 cm³/mol. The molecule has 1 aromatic heterocycles. The maximum absolute atomic E-state index is 12.4. The van der Waals surface area contributed by atoms with Crippen molar-refractivity contribution in [2.24, 2.45) is 0 Å². The van der Waals surface area contributed by atoms with Crippen LogP contribution in [0.4, 0.5) is 0 Å². The molecule has 4 nitrogen and oxygen atoms in total. The molecule has 3 aromatic rings. The molecule has 0 bridgehead atoms. The summed E-state index contributed by atoms with van der Waals surface area (Å²) < 4.78 is 9.93. The SMILES string of the molecule is COC(=O)c1sc(C(=O)OC)c(Cc2ccccc2)c1Cc1ccccc1. The van der Waals surface area contributed by atoms with Crippen molar-refractivity contribution in [2.45, 2.75) is 12.8 Å². The molecule has 0 fully saturated rings. The topological polar surface area (TPSA) is 52.6 Å². The van der Waals surface area contributed by atoms with E-state index in [1.807, 2.05) is 60.7 Å². The number of esters is 2. The van der Waals surface area contributed by atoms with Gasteiger partial charge in [0.1, 0.15) is 9.75 Å². The van der Waals surface area contributed by atoms with Gasteiger partial charge >= 0.3 is 11.9 Å². The Morgan fingerprint density at radius 3 is 1.41 bits per heavy atom. The molecule has 0 unspecified atom stereocenters. The number of ether oxygens (including phenoxy) is 2. The van der Waals surface area contributed by atoms with Gasteiger partial charge in [-0.2, -0.15) is 0 Å². The van der Waals surface area contributed by atoms with E-state index in [9.17, 15) is 9.59 Å². The van der Waals surface area contributed by atoms with Gasteiger partial charge in [-0.15, -0.1) is 11.3 Å². The molecule has 27 heavy (non-hydrogen) atoms. The average molecular weight is 380 g/mol. The minimum Gasteiger partial charge on any atom is -0.465 e. The molecular formula is C22H20O4S. The van der Waals surface area contributed by atoms with Crippen molar-refractivity contribution < 1.29 is 19.1 Å². The minimum atomic E-state index is -0.435. The summed E-state index contributed by atoms with van der Waals surface area (Å²) in [7, 11) is 2.70. The Hall–Kier alpha value is -2.92. The van der Waals surface area contributed by atoms with Crippen LogP contribution >= 0.6 is 11.3 Å². The van der Waals surface area contributed by atoms with Crippen LogP contribution in [0.2, 0.25) is 0 Å². The van der Waals surface area contributed by atoms with Crippen LogP contribution in [0.1, 0.15) is 41.6 Å². The van der Waals surface area contributed by atoms with Crippen LogP contribution in [0.5, 0.6) is 0 Å². The van der Waals surface area contributed by atoms with Crippen molar-refractivity contribution in [2.75, 3.05) is 14.2 Å². The molecule has 5 heteroatoms. The number of rotatable bonds is 6. The molecule has 0 amide bonds. The summed E-state index contributed by atoms with van der Waals surface area (Å²) in [6.07, 6.45) is 1.09. The molecule has 0 saturated carbocycles. The van der Waals surface area contributed by atoms with Crippen molar-refractivity contribution in [3.8, 4) is 0 Å². The highest BCUT2D eigenvalue weighted by atomic mass is 32.1. The number of hydrogen-bond acceptors (Lipinski definition) is 5. The van der Waals surface area contributed by atoms with Gasteiger partial charge in [0, 0.05) is 0 Å². The van der Waals surface area contributed by atoms with Crippen LogP contribution in [-0.2, 0) is 22.3 Å². The second kappa shape index (κ2) is 8.64. The first-order chi connectivity index (χ1) is 13.1. The van der Waals surface area contributed by atoms with E-state index in [1.54, 1.807) is 0 Å². The first kappa shape index (κ1) is 18.9. The van der Waals surface area contributed by atoms with Crippen LogP contribution in [0, 0.1) is 0 Å². The van der Waals surface area contributed by atoms with Gasteiger partial charge in [0.25, 0.3) is 0 Å². The summed E-state index contributed by atoms with van der Waals surface area (Å²) >= 11 is 1.14. The first-order valence-corrected chi connectivity index (χ1v) is 9.34. The fourth-order valence-electron chi connectivity index (χ4n) is 2.99. The zero-order chi connectivity index (χ0) is 19.2. The lowest BCUT2D eigenvalue weighted by molar-refractivity contribution is 0.0597. The molecule has 0 aliphatic heterocycles.